The summed E-state index contributed by atoms with van der Waals surface area (Å²) in [4.78, 5) is 38.0. The van der Waals surface area contributed by atoms with Crippen molar-refractivity contribution >= 4 is 17.9 Å². The van der Waals surface area contributed by atoms with Gasteiger partial charge in [0.15, 0.2) is 6.10 Å². The van der Waals surface area contributed by atoms with E-state index < -0.39 is 6.10 Å². The zero-order chi connectivity index (χ0) is 45.8. The predicted octanol–water partition coefficient (Wildman–Crippen LogP) is 17.0. The molecule has 0 amide bonds. The molecule has 0 aromatic carbocycles. The minimum Gasteiger partial charge on any atom is -0.462 e. The Hall–Kier alpha value is -3.67. The fraction of sp³-hybridized carbons (Fsp3) is 0.667. The molecule has 0 unspecified atom stereocenters. The summed E-state index contributed by atoms with van der Waals surface area (Å²) in [5.74, 6) is -0.999. The van der Waals surface area contributed by atoms with Gasteiger partial charge in [0.05, 0.1) is 0 Å². The number of esters is 3. The zero-order valence-electron chi connectivity index (χ0n) is 40.8. The first-order valence-electron chi connectivity index (χ1n) is 25.7. The van der Waals surface area contributed by atoms with Gasteiger partial charge in [0.1, 0.15) is 13.2 Å². The van der Waals surface area contributed by atoms with E-state index in [0.29, 0.717) is 25.7 Å². The molecule has 358 valence electrons. The Balaban J connectivity index is 4.53. The predicted molar refractivity (Wildman–Crippen MR) is 270 cm³/mol. The van der Waals surface area contributed by atoms with Gasteiger partial charge in [-0.2, -0.15) is 0 Å². The second kappa shape index (κ2) is 51.0. The van der Waals surface area contributed by atoms with Crippen molar-refractivity contribution < 1.29 is 28.6 Å². The van der Waals surface area contributed by atoms with E-state index in [1.165, 1.54) is 89.9 Å². The van der Waals surface area contributed by atoms with E-state index >= 15 is 0 Å². The van der Waals surface area contributed by atoms with Gasteiger partial charge in [0, 0.05) is 19.3 Å². The molecule has 0 rings (SSSR count). The van der Waals surface area contributed by atoms with Crippen LogP contribution in [0.4, 0.5) is 0 Å². The van der Waals surface area contributed by atoms with E-state index in [1.54, 1.807) is 0 Å². The van der Waals surface area contributed by atoms with Gasteiger partial charge < -0.3 is 14.2 Å². The summed E-state index contributed by atoms with van der Waals surface area (Å²) in [6, 6.07) is 0. The van der Waals surface area contributed by atoms with Crippen LogP contribution in [0.1, 0.15) is 226 Å². The molecule has 0 saturated heterocycles. The van der Waals surface area contributed by atoms with Crippen LogP contribution in [0.25, 0.3) is 0 Å². The summed E-state index contributed by atoms with van der Waals surface area (Å²) < 4.78 is 16.7. The van der Waals surface area contributed by atoms with Crippen LogP contribution in [0.2, 0.25) is 0 Å². The normalized spacial score (nSPS) is 12.9. The molecule has 0 fully saturated rings. The molecule has 0 aromatic heterocycles. The van der Waals surface area contributed by atoms with Gasteiger partial charge in [0.2, 0.25) is 0 Å². The highest BCUT2D eigenvalue weighted by atomic mass is 16.6. The number of carbonyl (C=O) groups is 3. The third-order valence-electron chi connectivity index (χ3n) is 10.5. The second-order valence-corrected chi connectivity index (χ2v) is 16.7. The molecule has 6 nitrogen and oxygen atoms in total. The minimum atomic E-state index is -0.816. The average Bonchev–Trinajstić information content (AvgIpc) is 3.28. The molecule has 0 aliphatic heterocycles. The SMILES string of the molecule is CC/C=C\C/C=C\C/C=C\C/C=C\CCCCC(=O)OC[C@H](COC(=O)CCCCCCCCC/C=C\CCCCCC)OC(=O)CCCC/C=C\C/C=C\C/C=C\CCCCC. The van der Waals surface area contributed by atoms with E-state index in [9.17, 15) is 14.4 Å². The van der Waals surface area contributed by atoms with Crippen LogP contribution in [0.3, 0.4) is 0 Å². The summed E-state index contributed by atoms with van der Waals surface area (Å²) in [5, 5.41) is 0. The molecule has 0 heterocycles. The molecular formula is C57H94O6. The molecule has 0 N–H and O–H groups in total. The van der Waals surface area contributed by atoms with Crippen LogP contribution in [0, 0.1) is 0 Å². The fourth-order valence-corrected chi connectivity index (χ4v) is 6.67. The van der Waals surface area contributed by atoms with E-state index in [-0.39, 0.29) is 37.5 Å². The molecular weight excluding hydrogens is 781 g/mol. The van der Waals surface area contributed by atoms with Crippen LogP contribution in [0.5, 0.6) is 0 Å². The van der Waals surface area contributed by atoms with Crippen LogP contribution >= 0.6 is 0 Å². The van der Waals surface area contributed by atoms with Crippen molar-refractivity contribution in [1.82, 2.24) is 0 Å². The Morgan fingerprint density at radius 1 is 0.333 bits per heavy atom. The highest BCUT2D eigenvalue weighted by Gasteiger charge is 2.19. The molecule has 0 spiro atoms. The lowest BCUT2D eigenvalue weighted by Gasteiger charge is -2.18. The van der Waals surface area contributed by atoms with E-state index in [1.807, 2.05) is 0 Å². The van der Waals surface area contributed by atoms with Gasteiger partial charge in [-0.15, -0.1) is 0 Å². The maximum atomic E-state index is 12.8. The van der Waals surface area contributed by atoms with Gasteiger partial charge in [-0.25, -0.2) is 0 Å². The number of carbonyl (C=O) groups excluding carboxylic acids is 3. The molecule has 0 bridgehead atoms. The first-order chi connectivity index (χ1) is 31.0. The molecule has 0 aliphatic rings. The van der Waals surface area contributed by atoms with Gasteiger partial charge in [-0.05, 0) is 122 Å². The first-order valence-corrected chi connectivity index (χ1v) is 25.7. The molecule has 0 saturated carbocycles. The summed E-state index contributed by atoms with van der Waals surface area (Å²) in [5.41, 5.74) is 0. The Bertz CT molecular complexity index is 1280. The van der Waals surface area contributed by atoms with Crippen LogP contribution in [-0.2, 0) is 28.6 Å². The Labute approximate surface area is 387 Å². The van der Waals surface area contributed by atoms with Crippen molar-refractivity contribution in [2.24, 2.45) is 0 Å². The smallest absolute Gasteiger partial charge is 0.306 e. The van der Waals surface area contributed by atoms with Crippen molar-refractivity contribution in [3.63, 3.8) is 0 Å². The third-order valence-corrected chi connectivity index (χ3v) is 10.5. The fourth-order valence-electron chi connectivity index (χ4n) is 6.67. The average molecular weight is 875 g/mol. The van der Waals surface area contributed by atoms with Crippen molar-refractivity contribution in [1.29, 1.82) is 0 Å². The molecule has 0 aromatic rings. The van der Waals surface area contributed by atoms with Crippen molar-refractivity contribution in [2.45, 2.75) is 232 Å². The maximum absolute atomic E-state index is 12.8. The number of rotatable bonds is 45. The number of unbranched alkanes of at least 4 members (excludes halogenated alkanes) is 18. The Morgan fingerprint density at radius 3 is 1.05 bits per heavy atom. The summed E-state index contributed by atoms with van der Waals surface area (Å²) in [7, 11) is 0. The van der Waals surface area contributed by atoms with E-state index in [0.717, 1.165) is 83.5 Å². The maximum Gasteiger partial charge on any atom is 0.306 e. The van der Waals surface area contributed by atoms with Crippen LogP contribution < -0.4 is 0 Å². The van der Waals surface area contributed by atoms with E-state index in [4.69, 9.17) is 14.2 Å². The summed E-state index contributed by atoms with van der Waals surface area (Å²) in [6.45, 7) is 6.40. The lowest BCUT2D eigenvalue weighted by Crippen LogP contribution is -2.30. The Morgan fingerprint density at radius 2 is 0.619 bits per heavy atom. The Kier molecular flexibility index (Phi) is 48.0. The third kappa shape index (κ3) is 49.2. The first kappa shape index (κ1) is 59.3. The quantitative estimate of drug-likeness (QED) is 0.0262. The number of allylic oxidation sites excluding steroid dienone is 16. The monoisotopic (exact) mass is 875 g/mol. The van der Waals surface area contributed by atoms with Gasteiger partial charge in [-0.1, -0.05) is 182 Å². The second-order valence-electron chi connectivity index (χ2n) is 16.7. The van der Waals surface area contributed by atoms with Gasteiger partial charge in [-0.3, -0.25) is 14.4 Å². The largest absolute Gasteiger partial charge is 0.462 e. The standard InChI is InChI=1S/C57H94O6/c1-4-7-10-13-16-19-22-25-28-31-34-37-40-43-46-49-55(58)61-52-54(63-57(60)51-48-45-42-39-36-33-30-27-24-21-18-15-12-9-6-3)53-62-56(59)50-47-44-41-38-35-32-29-26-23-20-17-14-11-8-5-2/h7,10,16,18-21,23,25,27-28,30,34,36-37,39,54H,4-6,8-9,11-15,17,22,24,26,29,31-33,35,38,40-53H2,1-3H3/b10-7-,19-16-,21-18-,23-20-,28-25-,30-27-,37-34-,39-36-/t54-/m1/s1. The molecule has 6 heteroatoms. The van der Waals surface area contributed by atoms with Gasteiger partial charge >= 0.3 is 17.9 Å². The number of hydrogen-bond acceptors (Lipinski definition) is 6. The summed E-state index contributed by atoms with van der Waals surface area (Å²) in [6.07, 6.45) is 66.8. The highest BCUT2D eigenvalue weighted by Crippen LogP contribution is 2.13. The van der Waals surface area contributed by atoms with E-state index in [2.05, 4.69) is 118 Å². The topological polar surface area (TPSA) is 78.9 Å². The van der Waals surface area contributed by atoms with Gasteiger partial charge in [0.25, 0.3) is 0 Å². The molecule has 0 aliphatic carbocycles. The lowest BCUT2D eigenvalue weighted by atomic mass is 10.1. The zero-order valence-corrected chi connectivity index (χ0v) is 40.8. The number of hydrogen-bond donors (Lipinski definition) is 0. The molecule has 63 heavy (non-hydrogen) atoms. The molecule has 0 radical (unpaired) electrons. The molecule has 1 atom stereocenters. The van der Waals surface area contributed by atoms with Crippen molar-refractivity contribution in [3.05, 3.63) is 97.2 Å². The lowest BCUT2D eigenvalue weighted by molar-refractivity contribution is -0.167. The minimum absolute atomic E-state index is 0.109. The van der Waals surface area contributed by atoms with Crippen molar-refractivity contribution in [2.75, 3.05) is 13.2 Å². The summed E-state index contributed by atoms with van der Waals surface area (Å²) >= 11 is 0. The van der Waals surface area contributed by atoms with Crippen LogP contribution in [-0.4, -0.2) is 37.2 Å². The highest BCUT2D eigenvalue weighted by molar-refractivity contribution is 5.71. The van der Waals surface area contributed by atoms with Crippen LogP contribution in [0.15, 0.2) is 97.2 Å². The number of ether oxygens (including phenoxy) is 3. The van der Waals surface area contributed by atoms with Crippen molar-refractivity contribution in [3.8, 4) is 0 Å².